The van der Waals surface area contributed by atoms with Crippen LogP contribution in [0.4, 0.5) is 0 Å². The quantitative estimate of drug-likeness (QED) is 0.871. The zero-order valence-corrected chi connectivity index (χ0v) is 10.3. The number of pyridine rings is 1. The maximum Gasteiger partial charge on any atom is 0.220 e. The van der Waals surface area contributed by atoms with Gasteiger partial charge in [-0.2, -0.15) is 0 Å². The predicted molar refractivity (Wildman–Crippen MR) is 64.7 cm³/mol. The van der Waals surface area contributed by atoms with Crippen LogP contribution in [0.3, 0.4) is 0 Å². The van der Waals surface area contributed by atoms with Gasteiger partial charge in [-0.1, -0.05) is 13.8 Å². The van der Waals surface area contributed by atoms with Crippen LogP contribution in [-0.2, 0) is 4.79 Å². The lowest BCUT2D eigenvalue weighted by molar-refractivity contribution is -0.122. The average Bonchev–Trinajstić information content (AvgIpc) is 2.28. The fourth-order valence-corrected chi connectivity index (χ4v) is 1.97. The Hall–Kier alpha value is -1.58. The minimum absolute atomic E-state index is 0.00815. The third-order valence-electron chi connectivity index (χ3n) is 2.72. The fourth-order valence-electron chi connectivity index (χ4n) is 1.97. The van der Waals surface area contributed by atoms with Gasteiger partial charge in [0.2, 0.25) is 5.91 Å². The van der Waals surface area contributed by atoms with Gasteiger partial charge in [0.25, 0.3) is 0 Å². The minimum atomic E-state index is -0.00815. The Bertz CT molecular complexity index is 404. The summed E-state index contributed by atoms with van der Waals surface area (Å²) in [5.74, 6) is 1.25. The first kappa shape index (κ1) is 11.9. The second-order valence-electron chi connectivity index (χ2n) is 4.74. The van der Waals surface area contributed by atoms with E-state index in [0.717, 1.165) is 17.9 Å². The summed E-state index contributed by atoms with van der Waals surface area (Å²) < 4.78 is 5.50. The van der Waals surface area contributed by atoms with Crippen LogP contribution in [0.25, 0.3) is 0 Å². The Kier molecular flexibility index (Phi) is 3.61. The Morgan fingerprint density at radius 3 is 3.24 bits per heavy atom. The fraction of sp³-hybridized carbons (Fsp3) is 0.538. The number of ether oxygens (including phenoxy) is 1. The normalized spacial score (nSPS) is 18.4. The van der Waals surface area contributed by atoms with Crippen molar-refractivity contribution < 1.29 is 9.53 Å². The molecule has 1 aromatic heterocycles. The molecule has 4 heteroatoms. The van der Waals surface area contributed by atoms with Crippen LogP contribution in [0.2, 0.25) is 0 Å². The molecule has 0 unspecified atom stereocenters. The van der Waals surface area contributed by atoms with Crippen molar-refractivity contribution in [3.05, 3.63) is 24.0 Å². The molecule has 1 aliphatic heterocycles. The standard InChI is InChI=1S/C13H18N2O2/c1-9(2)8-12(16)15-10-5-7-17-11-4-3-6-14-13(10)11/h3-4,6,9-10H,5,7-8H2,1-2H3,(H,15,16)/t10-/m1/s1. The molecule has 0 radical (unpaired) electrons. The number of nitrogens with one attached hydrogen (secondary N) is 1. The van der Waals surface area contributed by atoms with Crippen LogP contribution < -0.4 is 10.1 Å². The number of amides is 1. The SMILES string of the molecule is CC(C)CC(=O)N[C@@H]1CCOc2cccnc21. The zero-order valence-electron chi connectivity index (χ0n) is 10.3. The van der Waals surface area contributed by atoms with Crippen LogP contribution >= 0.6 is 0 Å². The topological polar surface area (TPSA) is 51.2 Å². The number of carbonyl (C=O) groups excluding carboxylic acids is 1. The summed E-state index contributed by atoms with van der Waals surface area (Å²) in [7, 11) is 0. The van der Waals surface area contributed by atoms with Gasteiger partial charge in [0.1, 0.15) is 11.4 Å². The van der Waals surface area contributed by atoms with Gasteiger partial charge in [0.15, 0.2) is 0 Å². The summed E-state index contributed by atoms with van der Waals surface area (Å²) in [4.78, 5) is 16.0. The van der Waals surface area contributed by atoms with Gasteiger partial charge in [0.05, 0.1) is 12.6 Å². The van der Waals surface area contributed by atoms with E-state index in [-0.39, 0.29) is 11.9 Å². The van der Waals surface area contributed by atoms with Gasteiger partial charge in [-0.05, 0) is 18.1 Å². The van der Waals surface area contributed by atoms with E-state index in [1.807, 2.05) is 26.0 Å². The maximum atomic E-state index is 11.8. The number of aromatic nitrogens is 1. The highest BCUT2D eigenvalue weighted by Crippen LogP contribution is 2.29. The molecule has 1 aliphatic rings. The van der Waals surface area contributed by atoms with Gasteiger partial charge >= 0.3 is 0 Å². The lowest BCUT2D eigenvalue weighted by Gasteiger charge is -2.25. The molecule has 2 heterocycles. The van der Waals surface area contributed by atoms with Gasteiger partial charge in [0, 0.05) is 19.0 Å². The van der Waals surface area contributed by atoms with E-state index in [0.29, 0.717) is 18.9 Å². The predicted octanol–water partition coefficient (Wildman–Crippen LogP) is 2.07. The van der Waals surface area contributed by atoms with Crippen molar-refractivity contribution in [3.8, 4) is 5.75 Å². The number of carbonyl (C=O) groups is 1. The molecule has 0 aliphatic carbocycles. The monoisotopic (exact) mass is 234 g/mol. The van der Waals surface area contributed by atoms with E-state index in [1.165, 1.54) is 0 Å². The molecule has 1 amide bonds. The molecular weight excluding hydrogens is 216 g/mol. The summed E-state index contributed by atoms with van der Waals surface area (Å²) in [5.41, 5.74) is 0.843. The van der Waals surface area contributed by atoms with Crippen molar-refractivity contribution >= 4 is 5.91 Å². The molecule has 0 fully saturated rings. The van der Waals surface area contributed by atoms with E-state index in [1.54, 1.807) is 6.20 Å². The number of fused-ring (bicyclic) bond motifs is 1. The molecule has 0 saturated carbocycles. The van der Waals surface area contributed by atoms with E-state index in [4.69, 9.17) is 4.74 Å². The van der Waals surface area contributed by atoms with Crippen LogP contribution in [0, 0.1) is 5.92 Å². The highest BCUT2D eigenvalue weighted by molar-refractivity contribution is 5.76. The number of nitrogens with zero attached hydrogens (tertiary/aromatic N) is 1. The second kappa shape index (κ2) is 5.17. The van der Waals surface area contributed by atoms with Crippen molar-refractivity contribution in [2.75, 3.05) is 6.61 Å². The molecule has 4 nitrogen and oxygen atoms in total. The Balaban J connectivity index is 2.06. The molecule has 0 bridgehead atoms. The van der Waals surface area contributed by atoms with Crippen molar-refractivity contribution in [3.63, 3.8) is 0 Å². The van der Waals surface area contributed by atoms with Crippen molar-refractivity contribution in [1.82, 2.24) is 10.3 Å². The van der Waals surface area contributed by atoms with Crippen molar-refractivity contribution in [2.24, 2.45) is 5.92 Å². The largest absolute Gasteiger partial charge is 0.491 e. The van der Waals surface area contributed by atoms with Crippen molar-refractivity contribution in [2.45, 2.75) is 32.7 Å². The Morgan fingerprint density at radius 1 is 1.65 bits per heavy atom. The third kappa shape index (κ3) is 2.96. The first-order valence-electron chi connectivity index (χ1n) is 6.04. The van der Waals surface area contributed by atoms with Crippen LogP contribution in [-0.4, -0.2) is 17.5 Å². The highest BCUT2D eigenvalue weighted by atomic mass is 16.5. The lowest BCUT2D eigenvalue weighted by atomic mass is 10.1. The summed E-state index contributed by atoms with van der Waals surface area (Å²) >= 11 is 0. The molecule has 92 valence electrons. The van der Waals surface area contributed by atoms with Crippen molar-refractivity contribution in [1.29, 1.82) is 0 Å². The zero-order chi connectivity index (χ0) is 12.3. The van der Waals surface area contributed by atoms with Crippen LogP contribution in [0.15, 0.2) is 18.3 Å². The summed E-state index contributed by atoms with van der Waals surface area (Å²) in [6.45, 7) is 4.71. The molecule has 17 heavy (non-hydrogen) atoms. The Labute approximate surface area is 101 Å². The van der Waals surface area contributed by atoms with E-state index in [2.05, 4.69) is 10.3 Å². The second-order valence-corrected chi connectivity index (χ2v) is 4.74. The van der Waals surface area contributed by atoms with Gasteiger partial charge < -0.3 is 10.1 Å². The maximum absolute atomic E-state index is 11.8. The molecular formula is C13H18N2O2. The number of hydrogen-bond donors (Lipinski definition) is 1. The first-order valence-corrected chi connectivity index (χ1v) is 6.04. The molecule has 1 aromatic rings. The number of rotatable bonds is 3. The molecule has 0 saturated heterocycles. The van der Waals surface area contributed by atoms with E-state index in [9.17, 15) is 4.79 Å². The van der Waals surface area contributed by atoms with E-state index >= 15 is 0 Å². The average molecular weight is 234 g/mol. The molecule has 0 spiro atoms. The first-order chi connectivity index (χ1) is 8.16. The van der Waals surface area contributed by atoms with Crippen LogP contribution in [0.1, 0.15) is 38.4 Å². The van der Waals surface area contributed by atoms with Gasteiger partial charge in [-0.3, -0.25) is 9.78 Å². The van der Waals surface area contributed by atoms with E-state index < -0.39 is 0 Å². The lowest BCUT2D eigenvalue weighted by Crippen LogP contribution is -2.33. The minimum Gasteiger partial charge on any atom is -0.491 e. The Morgan fingerprint density at radius 2 is 2.47 bits per heavy atom. The molecule has 1 atom stereocenters. The van der Waals surface area contributed by atoms with Gasteiger partial charge in [-0.25, -0.2) is 0 Å². The smallest absolute Gasteiger partial charge is 0.220 e. The summed E-state index contributed by atoms with van der Waals surface area (Å²) in [5, 5.41) is 3.02. The highest BCUT2D eigenvalue weighted by Gasteiger charge is 2.24. The molecule has 1 N–H and O–H groups in total. The summed E-state index contributed by atoms with van der Waals surface area (Å²) in [6, 6.07) is 3.73. The molecule has 2 rings (SSSR count). The summed E-state index contributed by atoms with van der Waals surface area (Å²) in [6.07, 6.45) is 3.07. The van der Waals surface area contributed by atoms with Crippen LogP contribution in [0.5, 0.6) is 5.75 Å². The van der Waals surface area contributed by atoms with Gasteiger partial charge in [-0.15, -0.1) is 0 Å². The number of hydrogen-bond acceptors (Lipinski definition) is 3. The third-order valence-corrected chi connectivity index (χ3v) is 2.72. The molecule has 0 aromatic carbocycles.